The zero-order chi connectivity index (χ0) is 12.5. The van der Waals surface area contributed by atoms with E-state index in [1.807, 2.05) is 0 Å². The van der Waals surface area contributed by atoms with Crippen LogP contribution in [0.3, 0.4) is 0 Å². The summed E-state index contributed by atoms with van der Waals surface area (Å²) in [7, 11) is -3.66. The van der Waals surface area contributed by atoms with Crippen molar-refractivity contribution in [2.24, 2.45) is 0 Å². The summed E-state index contributed by atoms with van der Waals surface area (Å²) in [5.41, 5.74) is 0. The Kier molecular flexibility index (Phi) is 3.43. The maximum Gasteiger partial charge on any atom is 0.209 e. The monoisotopic (exact) mass is 286 g/mol. The van der Waals surface area contributed by atoms with Crippen molar-refractivity contribution in [1.82, 2.24) is 0 Å². The Morgan fingerprint density at radius 2 is 1.29 bits per heavy atom. The average Bonchev–Trinajstić information content (AvgIpc) is 2.29. The van der Waals surface area contributed by atoms with Crippen molar-refractivity contribution in [2.45, 2.75) is 9.79 Å². The fourth-order valence-electron chi connectivity index (χ4n) is 1.46. The van der Waals surface area contributed by atoms with Crippen molar-refractivity contribution < 1.29 is 8.42 Å². The lowest BCUT2D eigenvalue weighted by Gasteiger charge is -2.08. The Bertz CT molecular complexity index is 617. The highest BCUT2D eigenvalue weighted by atomic mass is 35.5. The first-order valence-corrected chi connectivity index (χ1v) is 7.01. The topological polar surface area (TPSA) is 34.1 Å². The van der Waals surface area contributed by atoms with E-state index in [0.717, 1.165) is 0 Å². The number of sulfone groups is 1. The minimum atomic E-state index is -3.66. The minimum absolute atomic E-state index is 0.0467. The van der Waals surface area contributed by atoms with Crippen molar-refractivity contribution in [3.63, 3.8) is 0 Å². The molecule has 0 unspecified atom stereocenters. The molecule has 0 saturated carbocycles. The summed E-state index contributed by atoms with van der Waals surface area (Å²) in [5, 5.41) is 0.253. The molecule has 2 aromatic rings. The van der Waals surface area contributed by atoms with E-state index < -0.39 is 9.84 Å². The number of hydrogen-bond donors (Lipinski definition) is 0. The third-order valence-corrected chi connectivity index (χ3v) is 4.97. The second-order valence-corrected chi connectivity index (χ2v) is 6.07. The zero-order valence-corrected chi connectivity index (χ0v) is 10.9. The first-order chi connectivity index (χ1) is 8.03. The molecule has 0 heterocycles. The van der Waals surface area contributed by atoms with Crippen LogP contribution in [-0.2, 0) is 9.84 Å². The molecule has 5 heteroatoms. The van der Waals surface area contributed by atoms with Gasteiger partial charge in [0.25, 0.3) is 0 Å². The molecule has 0 bridgehead atoms. The molecule has 2 nitrogen and oxygen atoms in total. The van der Waals surface area contributed by atoms with Gasteiger partial charge in [0.15, 0.2) is 0 Å². The number of halogens is 2. The maximum absolute atomic E-state index is 12.3. The molecule has 0 aliphatic heterocycles. The molecule has 0 N–H and O–H groups in total. The molecular weight excluding hydrogens is 279 g/mol. The SMILES string of the molecule is O=S(=O)(c1ccccc1)c1c(Cl)cccc1Cl. The van der Waals surface area contributed by atoms with Crippen LogP contribution in [0.5, 0.6) is 0 Å². The van der Waals surface area contributed by atoms with E-state index in [4.69, 9.17) is 23.2 Å². The van der Waals surface area contributed by atoms with Gasteiger partial charge < -0.3 is 0 Å². The lowest BCUT2D eigenvalue weighted by molar-refractivity contribution is 0.596. The predicted molar refractivity (Wildman–Crippen MR) is 68.4 cm³/mol. The molecular formula is C12H8Cl2O2S. The summed E-state index contributed by atoms with van der Waals surface area (Å²) in [5.74, 6) is 0. The van der Waals surface area contributed by atoms with Crippen molar-refractivity contribution in [3.8, 4) is 0 Å². The first-order valence-electron chi connectivity index (χ1n) is 4.77. The molecule has 2 aromatic carbocycles. The molecule has 2 rings (SSSR count). The first kappa shape index (κ1) is 12.4. The van der Waals surface area contributed by atoms with E-state index in [1.165, 1.54) is 24.3 Å². The third-order valence-electron chi connectivity index (χ3n) is 2.24. The predicted octanol–water partition coefficient (Wildman–Crippen LogP) is 3.83. The minimum Gasteiger partial charge on any atom is -0.218 e. The van der Waals surface area contributed by atoms with Crippen LogP contribution in [0, 0.1) is 0 Å². The molecule has 0 radical (unpaired) electrons. The molecule has 0 aliphatic rings. The highest BCUT2D eigenvalue weighted by Crippen LogP contribution is 2.33. The largest absolute Gasteiger partial charge is 0.218 e. The fourth-order valence-corrected chi connectivity index (χ4v) is 3.86. The molecule has 0 saturated heterocycles. The van der Waals surface area contributed by atoms with Gasteiger partial charge in [0.1, 0.15) is 4.90 Å². The number of benzene rings is 2. The van der Waals surface area contributed by atoms with Gasteiger partial charge in [0, 0.05) is 0 Å². The highest BCUT2D eigenvalue weighted by Gasteiger charge is 2.23. The third kappa shape index (κ3) is 2.32. The molecule has 0 aliphatic carbocycles. The molecule has 0 atom stereocenters. The Morgan fingerprint density at radius 3 is 1.82 bits per heavy atom. The van der Waals surface area contributed by atoms with Crippen LogP contribution in [-0.4, -0.2) is 8.42 Å². The Morgan fingerprint density at radius 1 is 0.765 bits per heavy atom. The number of hydrogen-bond acceptors (Lipinski definition) is 2. The summed E-state index contributed by atoms with van der Waals surface area (Å²) < 4.78 is 24.6. The molecule has 0 fully saturated rings. The van der Waals surface area contributed by atoms with E-state index in [-0.39, 0.29) is 19.8 Å². The van der Waals surface area contributed by atoms with Crippen LogP contribution in [0.15, 0.2) is 58.3 Å². The van der Waals surface area contributed by atoms with Crippen molar-refractivity contribution >= 4 is 33.0 Å². The fraction of sp³-hybridized carbons (Fsp3) is 0. The molecule has 0 spiro atoms. The van der Waals surface area contributed by atoms with Gasteiger partial charge in [-0.1, -0.05) is 47.5 Å². The summed E-state index contributed by atoms with van der Waals surface area (Å²) in [4.78, 5) is 0.129. The van der Waals surface area contributed by atoms with Gasteiger partial charge in [-0.2, -0.15) is 0 Å². The molecule has 88 valence electrons. The van der Waals surface area contributed by atoms with Crippen LogP contribution >= 0.6 is 23.2 Å². The van der Waals surface area contributed by atoms with Gasteiger partial charge in [-0.3, -0.25) is 0 Å². The van der Waals surface area contributed by atoms with Gasteiger partial charge in [0.2, 0.25) is 9.84 Å². The van der Waals surface area contributed by atoms with Crippen molar-refractivity contribution in [1.29, 1.82) is 0 Å². The summed E-state index contributed by atoms with van der Waals surface area (Å²) in [6, 6.07) is 12.7. The smallest absolute Gasteiger partial charge is 0.209 e. The maximum atomic E-state index is 12.3. The van der Waals surface area contributed by atoms with E-state index in [0.29, 0.717) is 0 Å². The van der Waals surface area contributed by atoms with Gasteiger partial charge in [0.05, 0.1) is 14.9 Å². The average molecular weight is 287 g/mol. The van der Waals surface area contributed by atoms with E-state index in [1.54, 1.807) is 24.3 Å². The second kappa shape index (κ2) is 4.69. The summed E-state index contributed by atoms with van der Waals surface area (Å²) >= 11 is 11.8. The normalized spacial score (nSPS) is 11.4. The lowest BCUT2D eigenvalue weighted by Crippen LogP contribution is -2.03. The van der Waals surface area contributed by atoms with Crippen LogP contribution in [0.25, 0.3) is 0 Å². The Labute approximate surface area is 110 Å². The Balaban J connectivity index is 2.69. The Hall–Kier alpha value is -1.03. The van der Waals surface area contributed by atoms with E-state index >= 15 is 0 Å². The van der Waals surface area contributed by atoms with E-state index in [9.17, 15) is 8.42 Å². The molecule has 17 heavy (non-hydrogen) atoms. The van der Waals surface area contributed by atoms with Crippen LogP contribution in [0.2, 0.25) is 10.0 Å². The quantitative estimate of drug-likeness (QED) is 0.841. The summed E-state index contributed by atoms with van der Waals surface area (Å²) in [6.45, 7) is 0. The molecule has 0 aromatic heterocycles. The van der Waals surface area contributed by atoms with Gasteiger partial charge in [-0.15, -0.1) is 0 Å². The van der Waals surface area contributed by atoms with Crippen LogP contribution < -0.4 is 0 Å². The van der Waals surface area contributed by atoms with Crippen LogP contribution in [0.4, 0.5) is 0 Å². The highest BCUT2D eigenvalue weighted by molar-refractivity contribution is 7.91. The number of rotatable bonds is 2. The van der Waals surface area contributed by atoms with Crippen molar-refractivity contribution in [3.05, 3.63) is 58.6 Å². The molecule has 0 amide bonds. The van der Waals surface area contributed by atoms with Gasteiger partial charge >= 0.3 is 0 Å². The van der Waals surface area contributed by atoms with Gasteiger partial charge in [-0.05, 0) is 24.3 Å². The zero-order valence-electron chi connectivity index (χ0n) is 8.60. The lowest BCUT2D eigenvalue weighted by atomic mass is 10.4. The summed E-state index contributed by atoms with van der Waals surface area (Å²) in [6.07, 6.45) is 0. The second-order valence-electron chi connectivity index (χ2n) is 3.37. The van der Waals surface area contributed by atoms with Crippen LogP contribution in [0.1, 0.15) is 0 Å². The van der Waals surface area contributed by atoms with Crippen molar-refractivity contribution in [2.75, 3.05) is 0 Å². The van der Waals surface area contributed by atoms with Gasteiger partial charge in [-0.25, -0.2) is 8.42 Å². The van der Waals surface area contributed by atoms with E-state index in [2.05, 4.69) is 0 Å². The standard InChI is InChI=1S/C12H8Cl2O2S/c13-10-7-4-8-11(14)12(10)17(15,16)9-5-2-1-3-6-9/h1-8H.